The maximum Gasteiger partial charge on any atom is 0.251 e. The zero-order valence-corrected chi connectivity index (χ0v) is 13.0. The molecule has 5 nitrogen and oxygen atoms in total. The normalized spacial score (nSPS) is 25.3. The van der Waals surface area contributed by atoms with Crippen LogP contribution in [-0.4, -0.2) is 37.5 Å². The molecule has 2 heterocycles. The standard InChI is InChI=1S/C17H23N3O2/c1-12-11-18-8-7-15(12)19-17(22)13-4-2-5-14(10-13)20-9-3-6-16(20)21/h2,4-5,10,12,15,18H,3,6-9,11H2,1H3,(H,19,22). The molecule has 2 aliphatic rings. The fraction of sp³-hybridized carbons (Fsp3) is 0.529. The van der Waals surface area contributed by atoms with Gasteiger partial charge in [-0.05, 0) is 50.0 Å². The predicted octanol–water partition coefficient (Wildman–Crippen LogP) is 1.54. The minimum atomic E-state index is -0.0488. The second-order valence-corrected chi connectivity index (χ2v) is 6.25. The molecule has 2 N–H and O–H groups in total. The Labute approximate surface area is 131 Å². The molecular weight excluding hydrogens is 278 g/mol. The third-order valence-electron chi connectivity index (χ3n) is 4.60. The first-order valence-electron chi connectivity index (χ1n) is 8.07. The van der Waals surface area contributed by atoms with Crippen LogP contribution < -0.4 is 15.5 Å². The lowest BCUT2D eigenvalue weighted by atomic mass is 9.95. The van der Waals surface area contributed by atoms with Crippen LogP contribution in [0.2, 0.25) is 0 Å². The summed E-state index contributed by atoms with van der Waals surface area (Å²) in [6, 6.07) is 7.59. The molecule has 3 rings (SSSR count). The Morgan fingerprint density at radius 3 is 3.00 bits per heavy atom. The van der Waals surface area contributed by atoms with E-state index in [9.17, 15) is 9.59 Å². The monoisotopic (exact) mass is 301 g/mol. The van der Waals surface area contributed by atoms with Crippen molar-refractivity contribution in [2.24, 2.45) is 5.92 Å². The number of carbonyl (C=O) groups excluding carboxylic acids is 2. The Hall–Kier alpha value is -1.88. The van der Waals surface area contributed by atoms with Gasteiger partial charge < -0.3 is 15.5 Å². The Morgan fingerprint density at radius 1 is 1.41 bits per heavy atom. The van der Waals surface area contributed by atoms with Crippen LogP contribution >= 0.6 is 0 Å². The van der Waals surface area contributed by atoms with Gasteiger partial charge in [0.1, 0.15) is 0 Å². The summed E-state index contributed by atoms with van der Waals surface area (Å²) in [5, 5.41) is 6.46. The number of benzene rings is 1. The van der Waals surface area contributed by atoms with Crippen molar-refractivity contribution in [2.45, 2.75) is 32.2 Å². The van der Waals surface area contributed by atoms with E-state index >= 15 is 0 Å². The summed E-state index contributed by atoms with van der Waals surface area (Å²) in [6.45, 7) is 4.77. The molecule has 0 bridgehead atoms. The fourth-order valence-corrected chi connectivity index (χ4v) is 3.22. The zero-order chi connectivity index (χ0) is 15.5. The van der Waals surface area contributed by atoms with Gasteiger partial charge in [-0.15, -0.1) is 0 Å². The van der Waals surface area contributed by atoms with Gasteiger partial charge in [0.05, 0.1) is 0 Å². The van der Waals surface area contributed by atoms with Crippen LogP contribution in [0.3, 0.4) is 0 Å². The molecule has 2 amide bonds. The van der Waals surface area contributed by atoms with E-state index in [1.165, 1.54) is 0 Å². The Balaban J connectivity index is 1.71. The van der Waals surface area contributed by atoms with E-state index in [1.807, 2.05) is 24.3 Å². The van der Waals surface area contributed by atoms with Gasteiger partial charge in [-0.3, -0.25) is 9.59 Å². The number of amides is 2. The average molecular weight is 301 g/mol. The van der Waals surface area contributed by atoms with E-state index in [1.54, 1.807) is 4.90 Å². The lowest BCUT2D eigenvalue weighted by Gasteiger charge is -2.30. The number of nitrogens with one attached hydrogen (secondary N) is 2. The summed E-state index contributed by atoms with van der Waals surface area (Å²) in [5.74, 6) is 0.526. The van der Waals surface area contributed by atoms with E-state index in [4.69, 9.17) is 0 Å². The summed E-state index contributed by atoms with van der Waals surface area (Å²) < 4.78 is 0. The molecule has 2 saturated heterocycles. The van der Waals surface area contributed by atoms with Gasteiger partial charge in [-0.25, -0.2) is 0 Å². The van der Waals surface area contributed by atoms with Crippen molar-refractivity contribution in [2.75, 3.05) is 24.5 Å². The first kappa shape index (κ1) is 15.0. The van der Waals surface area contributed by atoms with Crippen LogP contribution in [0, 0.1) is 5.92 Å². The quantitative estimate of drug-likeness (QED) is 0.890. The van der Waals surface area contributed by atoms with Crippen molar-refractivity contribution in [1.29, 1.82) is 0 Å². The highest BCUT2D eigenvalue weighted by molar-refractivity contribution is 5.99. The van der Waals surface area contributed by atoms with Crippen molar-refractivity contribution < 1.29 is 9.59 Å². The lowest BCUT2D eigenvalue weighted by Crippen LogP contribution is -2.48. The maximum atomic E-state index is 12.5. The lowest BCUT2D eigenvalue weighted by molar-refractivity contribution is -0.117. The van der Waals surface area contributed by atoms with E-state index < -0.39 is 0 Å². The highest BCUT2D eigenvalue weighted by atomic mass is 16.2. The second kappa shape index (κ2) is 6.48. The van der Waals surface area contributed by atoms with Crippen molar-refractivity contribution >= 4 is 17.5 Å². The SMILES string of the molecule is CC1CNCCC1NC(=O)c1cccc(N2CCCC2=O)c1. The molecule has 0 aromatic heterocycles. The molecule has 118 valence electrons. The average Bonchev–Trinajstić information content (AvgIpc) is 2.96. The number of hydrogen-bond acceptors (Lipinski definition) is 3. The molecule has 2 aliphatic heterocycles. The number of piperidine rings is 1. The fourth-order valence-electron chi connectivity index (χ4n) is 3.22. The number of rotatable bonds is 3. The topological polar surface area (TPSA) is 61.4 Å². The number of nitrogens with zero attached hydrogens (tertiary/aromatic N) is 1. The van der Waals surface area contributed by atoms with Gasteiger partial charge in [0, 0.05) is 30.3 Å². The van der Waals surface area contributed by atoms with Crippen molar-refractivity contribution in [3.05, 3.63) is 29.8 Å². The molecule has 1 aromatic carbocycles. The van der Waals surface area contributed by atoms with Crippen LogP contribution in [-0.2, 0) is 4.79 Å². The molecule has 0 saturated carbocycles. The number of hydrogen-bond donors (Lipinski definition) is 2. The summed E-state index contributed by atoms with van der Waals surface area (Å²) in [4.78, 5) is 26.1. The summed E-state index contributed by atoms with van der Waals surface area (Å²) >= 11 is 0. The largest absolute Gasteiger partial charge is 0.349 e. The molecule has 0 spiro atoms. The molecule has 2 atom stereocenters. The first-order valence-corrected chi connectivity index (χ1v) is 8.07. The summed E-state index contributed by atoms with van der Waals surface area (Å²) in [5.41, 5.74) is 1.46. The minimum absolute atomic E-state index is 0.0488. The van der Waals surface area contributed by atoms with Crippen LogP contribution in [0.4, 0.5) is 5.69 Å². The molecule has 5 heteroatoms. The molecule has 0 radical (unpaired) electrons. The Morgan fingerprint density at radius 2 is 2.27 bits per heavy atom. The van der Waals surface area contributed by atoms with Crippen LogP contribution in [0.1, 0.15) is 36.5 Å². The van der Waals surface area contributed by atoms with E-state index in [2.05, 4.69) is 17.6 Å². The third kappa shape index (κ3) is 3.14. The molecule has 0 aliphatic carbocycles. The van der Waals surface area contributed by atoms with Gasteiger partial charge in [0.2, 0.25) is 5.91 Å². The van der Waals surface area contributed by atoms with Gasteiger partial charge in [-0.1, -0.05) is 13.0 Å². The number of carbonyl (C=O) groups is 2. The van der Waals surface area contributed by atoms with Gasteiger partial charge in [-0.2, -0.15) is 0 Å². The Bertz CT molecular complexity index is 573. The maximum absolute atomic E-state index is 12.5. The summed E-state index contributed by atoms with van der Waals surface area (Å²) in [7, 11) is 0. The molecule has 2 unspecified atom stereocenters. The van der Waals surface area contributed by atoms with Crippen molar-refractivity contribution in [3.8, 4) is 0 Å². The van der Waals surface area contributed by atoms with E-state index in [-0.39, 0.29) is 17.9 Å². The van der Waals surface area contributed by atoms with E-state index in [0.29, 0.717) is 17.9 Å². The second-order valence-electron chi connectivity index (χ2n) is 6.25. The van der Waals surface area contributed by atoms with Crippen molar-refractivity contribution in [1.82, 2.24) is 10.6 Å². The molecule has 2 fully saturated rings. The van der Waals surface area contributed by atoms with Crippen LogP contribution in [0.15, 0.2) is 24.3 Å². The molecule has 22 heavy (non-hydrogen) atoms. The predicted molar refractivity (Wildman–Crippen MR) is 85.9 cm³/mol. The third-order valence-corrected chi connectivity index (χ3v) is 4.60. The molecule has 1 aromatic rings. The highest BCUT2D eigenvalue weighted by Crippen LogP contribution is 2.22. The zero-order valence-electron chi connectivity index (χ0n) is 13.0. The van der Waals surface area contributed by atoms with Gasteiger partial charge >= 0.3 is 0 Å². The van der Waals surface area contributed by atoms with Crippen LogP contribution in [0.5, 0.6) is 0 Å². The number of anilines is 1. The Kier molecular flexibility index (Phi) is 4.43. The van der Waals surface area contributed by atoms with Gasteiger partial charge in [0.25, 0.3) is 5.91 Å². The van der Waals surface area contributed by atoms with Gasteiger partial charge in [0.15, 0.2) is 0 Å². The van der Waals surface area contributed by atoms with Crippen molar-refractivity contribution in [3.63, 3.8) is 0 Å². The molecular formula is C17H23N3O2. The first-order chi connectivity index (χ1) is 10.6. The minimum Gasteiger partial charge on any atom is -0.349 e. The highest BCUT2D eigenvalue weighted by Gasteiger charge is 2.25. The van der Waals surface area contributed by atoms with Crippen LogP contribution in [0.25, 0.3) is 0 Å². The summed E-state index contributed by atoms with van der Waals surface area (Å²) in [6.07, 6.45) is 2.45. The smallest absolute Gasteiger partial charge is 0.251 e. The van der Waals surface area contributed by atoms with E-state index in [0.717, 1.165) is 38.2 Å².